The molecule has 1 rings (SSSR count). The van der Waals surface area contributed by atoms with Crippen LogP contribution in [0.3, 0.4) is 0 Å². The Morgan fingerprint density at radius 2 is 2.16 bits per heavy atom. The molecule has 0 bridgehead atoms. The van der Waals surface area contributed by atoms with Gasteiger partial charge in [-0.05, 0) is 6.92 Å². The minimum Gasteiger partial charge on any atom is -0.369 e. The summed E-state index contributed by atoms with van der Waals surface area (Å²) >= 11 is 0. The van der Waals surface area contributed by atoms with Crippen molar-refractivity contribution in [2.24, 2.45) is 5.73 Å². The molecule has 0 saturated carbocycles. The maximum atomic E-state index is 12.0. The molecular formula is C11H17N5O3. The third-order valence-electron chi connectivity index (χ3n) is 2.40. The number of amides is 1. The molecule has 0 saturated heterocycles. The summed E-state index contributed by atoms with van der Waals surface area (Å²) in [5, 5.41) is 0. The standard InChI is InChI=1S/C11H17N5O3/c1-7(17)6-16(3-2-12)9(18)4-8-5-14-11(13)15-10(8)19/h5H,2-4,6,12H2,1H3,(H3,13,14,15,19). The first-order valence-corrected chi connectivity index (χ1v) is 5.75. The summed E-state index contributed by atoms with van der Waals surface area (Å²) < 4.78 is 0. The highest BCUT2D eigenvalue weighted by Gasteiger charge is 2.16. The number of aromatic nitrogens is 2. The van der Waals surface area contributed by atoms with Crippen LogP contribution < -0.4 is 17.0 Å². The monoisotopic (exact) mass is 267 g/mol. The fourth-order valence-corrected chi connectivity index (χ4v) is 1.55. The summed E-state index contributed by atoms with van der Waals surface area (Å²) in [5.41, 5.74) is 10.4. The van der Waals surface area contributed by atoms with Gasteiger partial charge in [0, 0.05) is 24.8 Å². The smallest absolute Gasteiger partial charge is 0.255 e. The number of nitrogens with one attached hydrogen (secondary N) is 1. The Kier molecular flexibility index (Phi) is 5.19. The minimum atomic E-state index is -0.462. The number of anilines is 1. The van der Waals surface area contributed by atoms with E-state index in [2.05, 4.69) is 9.97 Å². The predicted octanol–water partition coefficient (Wildman–Crippen LogP) is -1.73. The Hall–Kier alpha value is -2.22. The molecule has 0 atom stereocenters. The maximum absolute atomic E-state index is 12.0. The molecular weight excluding hydrogens is 250 g/mol. The number of H-pyrrole nitrogens is 1. The van der Waals surface area contributed by atoms with Gasteiger partial charge in [0.25, 0.3) is 5.56 Å². The molecule has 0 aromatic carbocycles. The highest BCUT2D eigenvalue weighted by molar-refractivity contribution is 5.85. The molecule has 0 aliphatic carbocycles. The number of hydrogen-bond donors (Lipinski definition) is 3. The largest absolute Gasteiger partial charge is 0.369 e. The summed E-state index contributed by atoms with van der Waals surface area (Å²) in [7, 11) is 0. The van der Waals surface area contributed by atoms with Crippen molar-refractivity contribution >= 4 is 17.6 Å². The Bertz CT molecular complexity index is 525. The van der Waals surface area contributed by atoms with Gasteiger partial charge in [-0.1, -0.05) is 0 Å². The zero-order valence-corrected chi connectivity index (χ0v) is 10.7. The molecule has 1 aromatic rings. The molecule has 8 heteroatoms. The van der Waals surface area contributed by atoms with E-state index in [0.717, 1.165) is 0 Å². The molecule has 104 valence electrons. The van der Waals surface area contributed by atoms with E-state index in [1.54, 1.807) is 0 Å². The third-order valence-corrected chi connectivity index (χ3v) is 2.40. The molecule has 0 unspecified atom stereocenters. The number of ketones is 1. The number of nitrogens with two attached hydrogens (primary N) is 2. The molecule has 1 aromatic heterocycles. The number of rotatable bonds is 6. The highest BCUT2D eigenvalue weighted by Crippen LogP contribution is 1.98. The van der Waals surface area contributed by atoms with Crippen molar-refractivity contribution in [3.05, 3.63) is 22.1 Å². The third kappa shape index (κ3) is 4.51. The summed E-state index contributed by atoms with van der Waals surface area (Å²) in [4.78, 5) is 41.9. The lowest BCUT2D eigenvalue weighted by Crippen LogP contribution is -2.40. The Morgan fingerprint density at radius 1 is 1.47 bits per heavy atom. The fourth-order valence-electron chi connectivity index (χ4n) is 1.55. The first kappa shape index (κ1) is 14.8. The molecule has 19 heavy (non-hydrogen) atoms. The number of carbonyl (C=O) groups is 2. The van der Waals surface area contributed by atoms with Crippen molar-refractivity contribution in [3.63, 3.8) is 0 Å². The van der Waals surface area contributed by atoms with E-state index in [-0.39, 0.29) is 49.3 Å². The lowest BCUT2D eigenvalue weighted by atomic mass is 10.2. The Balaban J connectivity index is 2.80. The van der Waals surface area contributed by atoms with Crippen LogP contribution in [-0.4, -0.2) is 46.2 Å². The van der Waals surface area contributed by atoms with Crippen molar-refractivity contribution in [2.45, 2.75) is 13.3 Å². The van der Waals surface area contributed by atoms with Crippen LogP contribution in [0.25, 0.3) is 0 Å². The SMILES string of the molecule is CC(=O)CN(CCN)C(=O)Cc1cnc(N)[nH]c1=O. The second-order valence-electron chi connectivity index (χ2n) is 4.11. The summed E-state index contributed by atoms with van der Waals surface area (Å²) in [6, 6.07) is 0. The summed E-state index contributed by atoms with van der Waals surface area (Å²) in [6.07, 6.45) is 1.11. The van der Waals surface area contributed by atoms with E-state index in [0.29, 0.717) is 0 Å². The van der Waals surface area contributed by atoms with Gasteiger partial charge in [-0.15, -0.1) is 0 Å². The van der Waals surface area contributed by atoms with Crippen LogP contribution in [0.4, 0.5) is 5.95 Å². The number of nitrogens with zero attached hydrogens (tertiary/aromatic N) is 2. The fraction of sp³-hybridized carbons (Fsp3) is 0.455. The second kappa shape index (κ2) is 6.64. The normalized spacial score (nSPS) is 10.2. The minimum absolute atomic E-state index is 0.0104. The van der Waals surface area contributed by atoms with Gasteiger partial charge in [-0.2, -0.15) is 0 Å². The molecule has 0 fully saturated rings. The maximum Gasteiger partial charge on any atom is 0.255 e. The van der Waals surface area contributed by atoms with Crippen molar-refractivity contribution < 1.29 is 9.59 Å². The van der Waals surface area contributed by atoms with Crippen LogP contribution in [-0.2, 0) is 16.0 Å². The molecule has 0 aliphatic heterocycles. The average Bonchev–Trinajstić information content (AvgIpc) is 2.31. The first-order chi connectivity index (χ1) is 8.93. The van der Waals surface area contributed by atoms with Gasteiger partial charge in [-0.3, -0.25) is 19.4 Å². The van der Waals surface area contributed by atoms with Gasteiger partial charge in [0.15, 0.2) is 5.95 Å². The van der Waals surface area contributed by atoms with E-state index in [9.17, 15) is 14.4 Å². The van der Waals surface area contributed by atoms with Crippen LogP contribution in [0.1, 0.15) is 12.5 Å². The van der Waals surface area contributed by atoms with Crippen molar-refractivity contribution in [3.8, 4) is 0 Å². The van der Waals surface area contributed by atoms with Gasteiger partial charge in [0.1, 0.15) is 5.78 Å². The molecule has 0 radical (unpaired) electrons. The molecule has 5 N–H and O–H groups in total. The lowest BCUT2D eigenvalue weighted by Gasteiger charge is -2.20. The van der Waals surface area contributed by atoms with E-state index < -0.39 is 5.56 Å². The van der Waals surface area contributed by atoms with Gasteiger partial charge in [0.2, 0.25) is 5.91 Å². The van der Waals surface area contributed by atoms with Gasteiger partial charge in [-0.25, -0.2) is 4.98 Å². The van der Waals surface area contributed by atoms with Gasteiger partial charge < -0.3 is 16.4 Å². The van der Waals surface area contributed by atoms with Crippen molar-refractivity contribution in [1.82, 2.24) is 14.9 Å². The van der Waals surface area contributed by atoms with Crippen molar-refractivity contribution in [2.75, 3.05) is 25.4 Å². The quantitative estimate of drug-likeness (QED) is 0.560. The zero-order valence-electron chi connectivity index (χ0n) is 10.7. The molecule has 1 heterocycles. The second-order valence-corrected chi connectivity index (χ2v) is 4.11. The number of hydrogen-bond acceptors (Lipinski definition) is 6. The van der Waals surface area contributed by atoms with Crippen LogP contribution in [0.2, 0.25) is 0 Å². The molecule has 1 amide bonds. The molecule has 8 nitrogen and oxygen atoms in total. The number of carbonyl (C=O) groups excluding carboxylic acids is 2. The van der Waals surface area contributed by atoms with E-state index in [1.165, 1.54) is 18.0 Å². The summed E-state index contributed by atoms with van der Waals surface area (Å²) in [5.74, 6) is -0.507. The molecule has 0 aliphatic rings. The van der Waals surface area contributed by atoms with Gasteiger partial charge >= 0.3 is 0 Å². The number of Topliss-reactive ketones (excluding diaryl/α,β-unsaturated/α-hetero) is 1. The predicted molar refractivity (Wildman–Crippen MR) is 69.3 cm³/mol. The van der Waals surface area contributed by atoms with Crippen LogP contribution in [0, 0.1) is 0 Å². The van der Waals surface area contributed by atoms with Gasteiger partial charge in [0.05, 0.1) is 13.0 Å². The number of nitrogen functional groups attached to an aromatic ring is 1. The summed E-state index contributed by atoms with van der Waals surface area (Å²) in [6.45, 7) is 1.87. The van der Waals surface area contributed by atoms with E-state index in [4.69, 9.17) is 11.5 Å². The molecule has 0 spiro atoms. The Morgan fingerprint density at radius 3 is 2.68 bits per heavy atom. The topological polar surface area (TPSA) is 135 Å². The van der Waals surface area contributed by atoms with Crippen LogP contribution in [0.15, 0.2) is 11.0 Å². The average molecular weight is 267 g/mol. The van der Waals surface area contributed by atoms with Crippen LogP contribution >= 0.6 is 0 Å². The van der Waals surface area contributed by atoms with Crippen molar-refractivity contribution in [1.29, 1.82) is 0 Å². The first-order valence-electron chi connectivity index (χ1n) is 5.75. The zero-order chi connectivity index (χ0) is 14.4. The highest BCUT2D eigenvalue weighted by atomic mass is 16.2. The van der Waals surface area contributed by atoms with E-state index in [1.807, 2.05) is 0 Å². The van der Waals surface area contributed by atoms with Crippen LogP contribution in [0.5, 0.6) is 0 Å². The van der Waals surface area contributed by atoms with E-state index >= 15 is 0 Å². The number of aromatic amines is 1. The Labute approximate surface area is 109 Å². The lowest BCUT2D eigenvalue weighted by molar-refractivity contribution is -0.134.